The Morgan fingerprint density at radius 2 is 2.12 bits per heavy atom. The van der Waals surface area contributed by atoms with Crippen LogP contribution in [0.3, 0.4) is 0 Å². The number of benzene rings is 1. The largest absolute Gasteiger partial charge is 0.497 e. The maximum Gasteiger partial charge on any atom is 0.407 e. The fourth-order valence-electron chi connectivity index (χ4n) is 2.14. The zero-order chi connectivity index (χ0) is 18.9. The van der Waals surface area contributed by atoms with Gasteiger partial charge in [-0.05, 0) is 30.2 Å². The number of carbonyl (C=O) groups is 2. The van der Waals surface area contributed by atoms with Crippen molar-refractivity contribution in [3.63, 3.8) is 0 Å². The molecule has 0 saturated heterocycles. The third kappa shape index (κ3) is 5.53. The molecular formula is C16H18N6O4. The summed E-state index contributed by atoms with van der Waals surface area (Å²) in [6, 6.07) is 6.15. The monoisotopic (exact) mass is 358 g/mol. The summed E-state index contributed by atoms with van der Waals surface area (Å²) in [4.78, 5) is 29.7. The topological polar surface area (TPSA) is 131 Å². The number of rotatable bonds is 6. The molecule has 10 nitrogen and oxygen atoms in total. The number of hydrogen-bond acceptors (Lipinski definition) is 5. The third-order valence-corrected chi connectivity index (χ3v) is 3.40. The molecule has 0 radical (unpaired) electrons. The first kappa shape index (κ1) is 18.8. The molecule has 0 aliphatic heterocycles. The summed E-state index contributed by atoms with van der Waals surface area (Å²) in [6.45, 7) is 1.92. The number of nitrogens with zero attached hydrogens (tertiary/aromatic N) is 5. The summed E-state index contributed by atoms with van der Waals surface area (Å²) < 4.78 is 11.3. The van der Waals surface area contributed by atoms with Gasteiger partial charge in [0.15, 0.2) is 0 Å². The van der Waals surface area contributed by atoms with Crippen LogP contribution in [-0.4, -0.2) is 34.8 Å². The molecule has 0 saturated carbocycles. The van der Waals surface area contributed by atoms with Gasteiger partial charge in [-0.1, -0.05) is 12.1 Å². The average Bonchev–Trinajstić information content (AvgIpc) is 3.09. The summed E-state index contributed by atoms with van der Waals surface area (Å²) in [6.07, 6.45) is 2.52. The van der Waals surface area contributed by atoms with Gasteiger partial charge in [0.05, 0.1) is 12.8 Å². The molecule has 26 heavy (non-hydrogen) atoms. The Hall–Kier alpha value is -3.52. The molecule has 2 aromatic rings. The Morgan fingerprint density at radius 1 is 1.38 bits per heavy atom. The van der Waals surface area contributed by atoms with Crippen molar-refractivity contribution in [3.05, 3.63) is 58.5 Å². The van der Waals surface area contributed by atoms with E-state index >= 15 is 0 Å². The smallest absolute Gasteiger partial charge is 0.407 e. The molecule has 1 heterocycles. The lowest BCUT2D eigenvalue weighted by Crippen LogP contribution is -2.34. The lowest BCUT2D eigenvalue weighted by molar-refractivity contribution is 0.136. The molecule has 0 spiro atoms. The van der Waals surface area contributed by atoms with Gasteiger partial charge in [0.25, 0.3) is 0 Å². The molecule has 0 bridgehead atoms. The van der Waals surface area contributed by atoms with E-state index in [1.807, 2.05) is 12.1 Å². The molecule has 1 aromatic carbocycles. The Morgan fingerprint density at radius 3 is 2.77 bits per heavy atom. The van der Waals surface area contributed by atoms with Crippen LogP contribution in [0.1, 0.15) is 18.2 Å². The minimum Gasteiger partial charge on any atom is -0.497 e. The van der Waals surface area contributed by atoms with Crippen LogP contribution in [0.2, 0.25) is 0 Å². The Labute approximate surface area is 149 Å². The zero-order valence-corrected chi connectivity index (χ0v) is 14.3. The lowest BCUT2D eigenvalue weighted by Gasteiger charge is -2.13. The SMILES string of the molecule is COc1ccc(COC(=O)N[C@H](C)Cc2cn(C(=O)N=[N+]=[N-])cn2)cc1. The number of carbonyl (C=O) groups excluding carboxylic acids is 2. The van der Waals surface area contributed by atoms with Crippen LogP contribution >= 0.6 is 0 Å². The highest BCUT2D eigenvalue weighted by molar-refractivity contribution is 5.77. The molecule has 2 rings (SSSR count). The van der Waals surface area contributed by atoms with Crippen molar-refractivity contribution in [2.45, 2.75) is 26.0 Å². The molecule has 2 amide bonds. The van der Waals surface area contributed by atoms with Crippen LogP contribution in [0.5, 0.6) is 5.75 Å². The number of ether oxygens (including phenoxy) is 2. The second-order valence-corrected chi connectivity index (χ2v) is 5.42. The highest BCUT2D eigenvalue weighted by Gasteiger charge is 2.12. The molecule has 10 heteroatoms. The van der Waals surface area contributed by atoms with Gasteiger partial charge in [-0.3, -0.25) is 9.36 Å². The Kier molecular flexibility index (Phi) is 6.58. The minimum atomic E-state index is -0.772. The number of aromatic nitrogens is 2. The first-order valence-corrected chi connectivity index (χ1v) is 7.70. The van der Waals surface area contributed by atoms with Gasteiger partial charge in [0.2, 0.25) is 0 Å². The van der Waals surface area contributed by atoms with E-state index in [0.29, 0.717) is 12.1 Å². The van der Waals surface area contributed by atoms with Gasteiger partial charge >= 0.3 is 12.1 Å². The Balaban J connectivity index is 1.79. The van der Waals surface area contributed by atoms with Crippen LogP contribution in [0.15, 0.2) is 41.9 Å². The van der Waals surface area contributed by atoms with Gasteiger partial charge in [-0.25, -0.2) is 9.78 Å². The summed E-state index contributed by atoms with van der Waals surface area (Å²) in [5.41, 5.74) is 9.65. The van der Waals surface area contributed by atoms with E-state index in [4.69, 9.17) is 15.0 Å². The van der Waals surface area contributed by atoms with Crippen LogP contribution in [0.4, 0.5) is 9.59 Å². The highest BCUT2D eigenvalue weighted by atomic mass is 16.5. The quantitative estimate of drug-likeness (QED) is 0.481. The fourth-order valence-corrected chi connectivity index (χ4v) is 2.14. The number of amides is 2. The molecule has 1 aromatic heterocycles. The van der Waals surface area contributed by atoms with Gasteiger partial charge in [0.1, 0.15) is 18.7 Å². The first-order valence-electron chi connectivity index (χ1n) is 7.70. The number of alkyl carbamates (subject to hydrolysis) is 1. The summed E-state index contributed by atoms with van der Waals surface area (Å²) in [5.74, 6) is 0.727. The molecule has 136 valence electrons. The normalized spacial score (nSPS) is 11.2. The van der Waals surface area contributed by atoms with E-state index < -0.39 is 12.1 Å². The zero-order valence-electron chi connectivity index (χ0n) is 14.3. The molecule has 0 fully saturated rings. The van der Waals surface area contributed by atoms with Crippen molar-refractivity contribution in [2.75, 3.05) is 7.11 Å². The van der Waals surface area contributed by atoms with Crippen LogP contribution < -0.4 is 10.1 Å². The number of methoxy groups -OCH3 is 1. The maximum atomic E-state index is 11.8. The van der Waals surface area contributed by atoms with Crippen molar-refractivity contribution >= 4 is 12.1 Å². The predicted molar refractivity (Wildman–Crippen MR) is 91.6 cm³/mol. The standard InChI is InChI=1S/C16H18N6O4/c1-11(7-13-8-22(10-18-13)15(23)20-21-17)19-16(24)26-9-12-3-5-14(25-2)6-4-12/h3-6,8,10-11H,7,9H2,1-2H3,(H,19,24)/t11-/m1/s1. The van der Waals surface area contributed by atoms with Crippen LogP contribution in [-0.2, 0) is 17.8 Å². The van der Waals surface area contributed by atoms with Crippen LogP contribution in [0, 0.1) is 0 Å². The molecule has 1 atom stereocenters. The van der Waals surface area contributed by atoms with Gasteiger partial charge in [-0.15, -0.1) is 0 Å². The van der Waals surface area contributed by atoms with Crippen molar-refractivity contribution < 1.29 is 19.1 Å². The third-order valence-electron chi connectivity index (χ3n) is 3.40. The van der Waals surface area contributed by atoms with E-state index in [2.05, 4.69) is 20.3 Å². The second-order valence-electron chi connectivity index (χ2n) is 5.42. The van der Waals surface area contributed by atoms with Crippen molar-refractivity contribution in [1.29, 1.82) is 0 Å². The molecular weight excluding hydrogens is 340 g/mol. The van der Waals surface area contributed by atoms with Gasteiger partial charge < -0.3 is 14.8 Å². The van der Waals surface area contributed by atoms with E-state index in [1.54, 1.807) is 26.2 Å². The van der Waals surface area contributed by atoms with Gasteiger partial charge in [0, 0.05) is 28.7 Å². The van der Waals surface area contributed by atoms with Crippen molar-refractivity contribution in [3.8, 4) is 5.75 Å². The predicted octanol–water partition coefficient (Wildman–Crippen LogP) is 3.03. The summed E-state index contributed by atoms with van der Waals surface area (Å²) in [5, 5.41) is 5.65. The van der Waals surface area contributed by atoms with E-state index in [1.165, 1.54) is 12.5 Å². The maximum absolute atomic E-state index is 11.8. The molecule has 0 aliphatic carbocycles. The molecule has 1 N–H and O–H groups in total. The van der Waals surface area contributed by atoms with Crippen molar-refractivity contribution in [2.24, 2.45) is 5.11 Å². The Bertz CT molecular complexity index is 810. The number of hydrogen-bond donors (Lipinski definition) is 1. The number of azide groups is 1. The van der Waals surface area contributed by atoms with E-state index in [9.17, 15) is 9.59 Å². The van der Waals surface area contributed by atoms with E-state index in [-0.39, 0.29) is 12.6 Å². The summed E-state index contributed by atoms with van der Waals surface area (Å²) in [7, 11) is 1.58. The van der Waals surface area contributed by atoms with Gasteiger partial charge in [-0.2, -0.15) is 0 Å². The molecule has 0 unspecified atom stereocenters. The first-order chi connectivity index (χ1) is 12.5. The fraction of sp³-hybridized carbons (Fsp3) is 0.312. The molecule has 0 aliphatic rings. The van der Waals surface area contributed by atoms with E-state index in [0.717, 1.165) is 15.9 Å². The second kappa shape index (κ2) is 9.09. The minimum absolute atomic E-state index is 0.137. The lowest BCUT2D eigenvalue weighted by atomic mass is 10.2. The van der Waals surface area contributed by atoms with Crippen molar-refractivity contribution in [1.82, 2.24) is 14.9 Å². The average molecular weight is 358 g/mol. The number of nitrogens with one attached hydrogen (secondary N) is 1. The summed E-state index contributed by atoms with van der Waals surface area (Å²) >= 11 is 0. The highest BCUT2D eigenvalue weighted by Crippen LogP contribution is 2.12. The van der Waals surface area contributed by atoms with Crippen LogP contribution in [0.25, 0.3) is 10.4 Å². The number of imidazole rings is 1.